The summed E-state index contributed by atoms with van der Waals surface area (Å²) in [6, 6.07) is 10.6. The fourth-order valence-electron chi connectivity index (χ4n) is 4.35. The zero-order valence-corrected chi connectivity index (χ0v) is 20.8. The zero-order valence-electron chi connectivity index (χ0n) is 20.8. The van der Waals surface area contributed by atoms with Crippen molar-refractivity contribution in [2.24, 2.45) is 0 Å². The fourth-order valence-corrected chi connectivity index (χ4v) is 4.35. The van der Waals surface area contributed by atoms with Gasteiger partial charge in [-0.25, -0.2) is 4.98 Å². The predicted octanol–water partition coefficient (Wildman–Crippen LogP) is 3.13. The first kappa shape index (κ1) is 25.4. The Morgan fingerprint density at radius 1 is 0.897 bits per heavy atom. The summed E-state index contributed by atoms with van der Waals surface area (Å²) in [6.07, 6.45) is 2.11. The van der Waals surface area contributed by atoms with Gasteiger partial charge in [0.05, 0.1) is 22.3 Å². The van der Waals surface area contributed by atoms with Crippen LogP contribution in [0.5, 0.6) is 23.3 Å². The number of anilines is 3. The number of carbonyl (C=O) groups is 2. The lowest BCUT2D eigenvalue weighted by Gasteiger charge is -2.23. The van der Waals surface area contributed by atoms with Crippen LogP contribution >= 0.6 is 0 Å². The molecule has 0 unspecified atom stereocenters. The molecular formula is C27H24N6O6. The molecule has 0 fully saturated rings. The van der Waals surface area contributed by atoms with E-state index in [0.717, 1.165) is 6.42 Å². The molecule has 198 valence electrons. The van der Waals surface area contributed by atoms with Crippen LogP contribution in [0.4, 0.5) is 17.3 Å². The average Bonchev–Trinajstić information content (AvgIpc) is 2.93. The first-order chi connectivity index (χ1) is 18.8. The summed E-state index contributed by atoms with van der Waals surface area (Å²) >= 11 is 0. The summed E-state index contributed by atoms with van der Waals surface area (Å²) in [5.74, 6) is -1.46. The van der Waals surface area contributed by atoms with Gasteiger partial charge in [0.25, 0.3) is 0 Å². The predicted molar refractivity (Wildman–Crippen MR) is 142 cm³/mol. The minimum Gasteiger partial charge on any atom is -0.507 e. The maximum atomic E-state index is 13.4. The minimum absolute atomic E-state index is 0.00309. The highest BCUT2D eigenvalue weighted by Crippen LogP contribution is 2.45. The molecule has 0 atom stereocenters. The molecular weight excluding hydrogens is 504 g/mol. The number of nitrogens with two attached hydrogens (primary N) is 2. The van der Waals surface area contributed by atoms with Gasteiger partial charge in [-0.2, -0.15) is 9.97 Å². The largest absolute Gasteiger partial charge is 0.507 e. The van der Waals surface area contributed by atoms with Gasteiger partial charge in [-0.05, 0) is 42.3 Å². The van der Waals surface area contributed by atoms with Gasteiger partial charge in [0, 0.05) is 37.2 Å². The normalized spacial score (nSPS) is 12.1. The minimum atomic E-state index is -0.708. The SMILES string of the molecule is COCCCNc1ncnc(Oc2ccc(-c3cc(N)c4c(c3O)C(=O)c3c(N)ccc(O)c3C4=O)cc2)n1. The number of nitrogens with one attached hydrogen (secondary N) is 1. The van der Waals surface area contributed by atoms with Gasteiger partial charge in [-0.3, -0.25) is 9.59 Å². The molecule has 1 aliphatic rings. The monoisotopic (exact) mass is 528 g/mol. The topological polar surface area (TPSA) is 196 Å². The molecule has 39 heavy (non-hydrogen) atoms. The van der Waals surface area contributed by atoms with E-state index in [1.165, 1.54) is 24.5 Å². The van der Waals surface area contributed by atoms with Gasteiger partial charge in [0.1, 0.15) is 23.6 Å². The molecule has 12 heteroatoms. The first-order valence-electron chi connectivity index (χ1n) is 11.9. The molecule has 0 saturated heterocycles. The van der Waals surface area contributed by atoms with E-state index in [2.05, 4.69) is 20.3 Å². The second-order valence-corrected chi connectivity index (χ2v) is 8.69. The lowest BCUT2D eigenvalue weighted by Crippen LogP contribution is -2.24. The Labute approximate surface area is 222 Å². The Morgan fingerprint density at radius 2 is 1.62 bits per heavy atom. The van der Waals surface area contributed by atoms with Crippen molar-refractivity contribution < 1.29 is 29.3 Å². The number of hydrogen-bond acceptors (Lipinski definition) is 12. The van der Waals surface area contributed by atoms with Crippen LogP contribution < -0.4 is 21.5 Å². The van der Waals surface area contributed by atoms with E-state index in [0.29, 0.717) is 30.4 Å². The highest BCUT2D eigenvalue weighted by Gasteiger charge is 2.38. The standard InChI is InChI=1S/C27H24N6O6/c1-38-10-2-9-30-26-31-12-32-27(33-26)39-14-5-3-13(4-6-14)15-11-17(29)20-22(23(15)35)25(37)19-16(28)7-8-18(34)21(19)24(20)36/h3-8,11-12,34-35H,2,9-10,28-29H2,1H3,(H,30,31,32,33). The molecule has 4 aromatic rings. The summed E-state index contributed by atoms with van der Waals surface area (Å²) in [4.78, 5) is 38.8. The molecule has 0 amide bonds. The molecule has 7 N–H and O–H groups in total. The Hall–Kier alpha value is -5.23. The van der Waals surface area contributed by atoms with Crippen LogP contribution in [0.15, 0.2) is 48.8 Å². The number of rotatable bonds is 8. The van der Waals surface area contributed by atoms with Crippen LogP contribution in [0.1, 0.15) is 38.3 Å². The van der Waals surface area contributed by atoms with Crippen molar-refractivity contribution in [3.8, 4) is 34.4 Å². The Balaban J connectivity index is 1.43. The van der Waals surface area contributed by atoms with Crippen LogP contribution in [0, 0.1) is 0 Å². The third kappa shape index (κ3) is 4.64. The van der Waals surface area contributed by atoms with Crippen molar-refractivity contribution >= 4 is 28.9 Å². The number of ether oxygens (including phenoxy) is 2. The number of ketones is 2. The van der Waals surface area contributed by atoms with Gasteiger partial charge in [0.2, 0.25) is 17.5 Å². The Kier molecular flexibility index (Phi) is 6.69. The highest BCUT2D eigenvalue weighted by atomic mass is 16.5. The van der Waals surface area contributed by atoms with Gasteiger partial charge >= 0.3 is 6.01 Å². The zero-order chi connectivity index (χ0) is 27.7. The second-order valence-electron chi connectivity index (χ2n) is 8.69. The molecule has 3 aromatic carbocycles. The molecule has 1 heterocycles. The maximum absolute atomic E-state index is 13.4. The molecule has 0 saturated carbocycles. The van der Waals surface area contributed by atoms with E-state index in [1.54, 1.807) is 31.4 Å². The molecule has 5 rings (SSSR count). The third-order valence-electron chi connectivity index (χ3n) is 6.19. The number of aromatic hydroxyl groups is 2. The van der Waals surface area contributed by atoms with E-state index < -0.39 is 23.1 Å². The van der Waals surface area contributed by atoms with E-state index >= 15 is 0 Å². The lowest BCUT2D eigenvalue weighted by atomic mass is 9.80. The molecule has 0 aliphatic heterocycles. The number of phenolic OH excluding ortho intramolecular Hbond substituents is 2. The average molecular weight is 529 g/mol. The summed E-state index contributed by atoms with van der Waals surface area (Å²) in [5.41, 5.74) is 12.0. The molecule has 12 nitrogen and oxygen atoms in total. The summed E-state index contributed by atoms with van der Waals surface area (Å²) in [5, 5.41) is 24.4. The van der Waals surface area contributed by atoms with E-state index in [4.69, 9.17) is 20.9 Å². The molecule has 0 spiro atoms. The van der Waals surface area contributed by atoms with E-state index in [1.807, 2.05) is 0 Å². The van der Waals surface area contributed by atoms with Crippen molar-refractivity contribution in [2.75, 3.05) is 37.0 Å². The van der Waals surface area contributed by atoms with Crippen LogP contribution in [0.2, 0.25) is 0 Å². The molecule has 0 radical (unpaired) electrons. The quantitative estimate of drug-likeness (QED) is 0.112. The number of methoxy groups -OCH3 is 1. The Bertz CT molecular complexity index is 1610. The number of nitrogen functional groups attached to an aromatic ring is 2. The smallest absolute Gasteiger partial charge is 0.326 e. The maximum Gasteiger partial charge on any atom is 0.326 e. The van der Waals surface area contributed by atoms with Crippen molar-refractivity contribution in [1.82, 2.24) is 15.0 Å². The Morgan fingerprint density at radius 3 is 2.36 bits per heavy atom. The van der Waals surface area contributed by atoms with Gasteiger partial charge < -0.3 is 36.5 Å². The lowest BCUT2D eigenvalue weighted by molar-refractivity contribution is 0.0975. The first-order valence-corrected chi connectivity index (χ1v) is 11.9. The molecule has 1 aliphatic carbocycles. The number of fused-ring (bicyclic) bond motifs is 2. The van der Waals surface area contributed by atoms with Crippen molar-refractivity contribution in [2.45, 2.75) is 6.42 Å². The molecule has 1 aromatic heterocycles. The summed E-state index contributed by atoms with van der Waals surface area (Å²) < 4.78 is 10.7. The van der Waals surface area contributed by atoms with Crippen molar-refractivity contribution in [3.63, 3.8) is 0 Å². The van der Waals surface area contributed by atoms with Gasteiger partial charge in [-0.15, -0.1) is 0 Å². The fraction of sp³-hybridized carbons (Fsp3) is 0.148. The van der Waals surface area contributed by atoms with E-state index in [-0.39, 0.29) is 45.2 Å². The van der Waals surface area contributed by atoms with Gasteiger partial charge in [0.15, 0.2) is 0 Å². The number of nitrogens with zero attached hydrogens (tertiary/aromatic N) is 3. The van der Waals surface area contributed by atoms with E-state index in [9.17, 15) is 19.8 Å². The van der Waals surface area contributed by atoms with Crippen LogP contribution in [0.3, 0.4) is 0 Å². The van der Waals surface area contributed by atoms with Crippen molar-refractivity contribution in [3.05, 3.63) is 71.0 Å². The summed E-state index contributed by atoms with van der Waals surface area (Å²) in [7, 11) is 1.63. The number of hydrogen-bond donors (Lipinski definition) is 5. The number of carbonyl (C=O) groups excluding carboxylic acids is 2. The third-order valence-corrected chi connectivity index (χ3v) is 6.19. The second kappa shape index (κ2) is 10.3. The van der Waals surface area contributed by atoms with Crippen molar-refractivity contribution in [1.29, 1.82) is 0 Å². The van der Waals surface area contributed by atoms with Gasteiger partial charge in [-0.1, -0.05) is 12.1 Å². The number of benzene rings is 3. The van der Waals surface area contributed by atoms with Crippen LogP contribution in [0.25, 0.3) is 11.1 Å². The van der Waals surface area contributed by atoms with Crippen LogP contribution in [-0.4, -0.2) is 57.0 Å². The highest BCUT2D eigenvalue weighted by molar-refractivity contribution is 6.33. The number of aromatic nitrogens is 3. The molecule has 0 bridgehead atoms. The van der Waals surface area contributed by atoms with Crippen LogP contribution in [-0.2, 0) is 4.74 Å². The number of phenols is 2. The summed E-state index contributed by atoms with van der Waals surface area (Å²) in [6.45, 7) is 1.22.